The van der Waals surface area contributed by atoms with E-state index in [-0.39, 0.29) is 11.8 Å². The van der Waals surface area contributed by atoms with Crippen LogP contribution in [0, 0.1) is 5.92 Å². The van der Waals surface area contributed by atoms with E-state index in [0.29, 0.717) is 31.8 Å². The largest absolute Gasteiger partial charge is 0.370 e. The Morgan fingerprint density at radius 1 is 1.19 bits per heavy atom. The molecule has 0 aliphatic carbocycles. The molecule has 114 valence electrons. The van der Waals surface area contributed by atoms with Crippen molar-refractivity contribution in [1.82, 2.24) is 4.90 Å². The average molecular weight is 289 g/mol. The first-order chi connectivity index (χ1) is 10.1. The lowest BCUT2D eigenvalue weighted by Crippen LogP contribution is -2.48. The molecule has 5 heteroatoms. The Hall–Kier alpha value is -1.88. The summed E-state index contributed by atoms with van der Waals surface area (Å²) in [5.74, 6) is 0.0360. The van der Waals surface area contributed by atoms with Crippen LogP contribution in [0.2, 0.25) is 0 Å². The van der Waals surface area contributed by atoms with Crippen molar-refractivity contribution in [3.8, 4) is 0 Å². The lowest BCUT2D eigenvalue weighted by Gasteiger charge is -2.33. The van der Waals surface area contributed by atoms with Crippen molar-refractivity contribution in [3.05, 3.63) is 35.9 Å². The van der Waals surface area contributed by atoms with Gasteiger partial charge in [-0.25, -0.2) is 0 Å². The molecule has 1 unspecified atom stereocenters. The maximum atomic E-state index is 12.3. The second kappa shape index (κ2) is 7.22. The lowest BCUT2D eigenvalue weighted by atomic mass is 9.92. The first-order valence-corrected chi connectivity index (χ1v) is 7.43. The van der Waals surface area contributed by atoms with Gasteiger partial charge < -0.3 is 16.4 Å². The standard InChI is InChI=1S/C16H23N3O2/c17-14(10-12-4-2-1-3-5-12)16(21)19-8-6-13(7-9-19)11-15(18)20/h1-5,13-14H,6-11,17H2,(H2,18,20). The van der Waals surface area contributed by atoms with Gasteiger partial charge in [0.2, 0.25) is 11.8 Å². The van der Waals surface area contributed by atoms with Gasteiger partial charge in [-0.2, -0.15) is 0 Å². The van der Waals surface area contributed by atoms with Crippen LogP contribution in [-0.4, -0.2) is 35.8 Å². The van der Waals surface area contributed by atoms with Gasteiger partial charge in [0.15, 0.2) is 0 Å². The van der Waals surface area contributed by atoms with E-state index in [1.807, 2.05) is 35.2 Å². The summed E-state index contributed by atoms with van der Waals surface area (Å²) in [5, 5.41) is 0. The number of primary amides is 1. The van der Waals surface area contributed by atoms with Crippen LogP contribution in [0.5, 0.6) is 0 Å². The monoisotopic (exact) mass is 289 g/mol. The number of hydrogen-bond acceptors (Lipinski definition) is 3. The molecule has 2 amide bonds. The van der Waals surface area contributed by atoms with Crippen LogP contribution >= 0.6 is 0 Å². The summed E-state index contributed by atoms with van der Waals surface area (Å²) < 4.78 is 0. The van der Waals surface area contributed by atoms with E-state index in [2.05, 4.69) is 0 Å². The third-order valence-corrected chi connectivity index (χ3v) is 4.03. The van der Waals surface area contributed by atoms with Crippen molar-refractivity contribution in [2.45, 2.75) is 31.7 Å². The summed E-state index contributed by atoms with van der Waals surface area (Å²) >= 11 is 0. The minimum absolute atomic E-state index is 0.00335. The Labute approximate surface area is 125 Å². The van der Waals surface area contributed by atoms with E-state index in [9.17, 15) is 9.59 Å². The van der Waals surface area contributed by atoms with Crippen molar-refractivity contribution in [2.24, 2.45) is 17.4 Å². The zero-order valence-corrected chi connectivity index (χ0v) is 12.2. The highest BCUT2D eigenvalue weighted by molar-refractivity contribution is 5.82. The predicted molar refractivity (Wildman–Crippen MR) is 81.2 cm³/mol. The molecule has 1 heterocycles. The van der Waals surface area contributed by atoms with Gasteiger partial charge >= 0.3 is 0 Å². The molecule has 0 radical (unpaired) electrons. The summed E-state index contributed by atoms with van der Waals surface area (Å²) in [5.41, 5.74) is 12.3. The number of rotatable bonds is 5. The first-order valence-electron chi connectivity index (χ1n) is 7.43. The van der Waals surface area contributed by atoms with E-state index in [1.54, 1.807) is 0 Å². The Morgan fingerprint density at radius 2 is 1.81 bits per heavy atom. The normalized spacial score (nSPS) is 17.5. The summed E-state index contributed by atoms with van der Waals surface area (Å²) in [7, 11) is 0. The third-order valence-electron chi connectivity index (χ3n) is 4.03. The zero-order chi connectivity index (χ0) is 15.2. The van der Waals surface area contributed by atoms with Gasteiger partial charge in [0.25, 0.3) is 0 Å². The molecule has 1 atom stereocenters. The number of hydrogen-bond donors (Lipinski definition) is 2. The van der Waals surface area contributed by atoms with Crippen LogP contribution < -0.4 is 11.5 Å². The second-order valence-electron chi connectivity index (χ2n) is 5.74. The highest BCUT2D eigenvalue weighted by atomic mass is 16.2. The molecule has 0 bridgehead atoms. The van der Waals surface area contributed by atoms with E-state index >= 15 is 0 Å². The van der Waals surface area contributed by atoms with Gasteiger partial charge in [-0.15, -0.1) is 0 Å². The van der Waals surface area contributed by atoms with Gasteiger partial charge in [-0.3, -0.25) is 9.59 Å². The Kier molecular flexibility index (Phi) is 5.33. The van der Waals surface area contributed by atoms with Crippen LogP contribution in [-0.2, 0) is 16.0 Å². The quantitative estimate of drug-likeness (QED) is 0.835. The number of amides is 2. The van der Waals surface area contributed by atoms with Crippen molar-refractivity contribution in [2.75, 3.05) is 13.1 Å². The van der Waals surface area contributed by atoms with Crippen molar-refractivity contribution in [1.29, 1.82) is 0 Å². The Morgan fingerprint density at radius 3 is 2.38 bits per heavy atom. The minimum Gasteiger partial charge on any atom is -0.370 e. The second-order valence-corrected chi connectivity index (χ2v) is 5.74. The predicted octanol–water partition coefficient (Wildman–Crippen LogP) is 0.670. The third kappa shape index (κ3) is 4.56. The SMILES string of the molecule is NC(=O)CC1CCN(C(=O)C(N)Cc2ccccc2)CC1. The fourth-order valence-corrected chi connectivity index (χ4v) is 2.83. The molecular formula is C16H23N3O2. The highest BCUT2D eigenvalue weighted by Gasteiger charge is 2.26. The van der Waals surface area contributed by atoms with Gasteiger partial charge in [0.05, 0.1) is 6.04 Å². The van der Waals surface area contributed by atoms with E-state index in [4.69, 9.17) is 11.5 Å². The fraction of sp³-hybridized carbons (Fsp3) is 0.500. The lowest BCUT2D eigenvalue weighted by molar-refractivity contribution is -0.134. The maximum absolute atomic E-state index is 12.3. The van der Waals surface area contributed by atoms with Gasteiger partial charge in [0.1, 0.15) is 0 Å². The molecular weight excluding hydrogens is 266 g/mol. The van der Waals surface area contributed by atoms with Crippen LogP contribution in [0.1, 0.15) is 24.8 Å². The van der Waals surface area contributed by atoms with Gasteiger partial charge in [-0.05, 0) is 30.7 Å². The summed E-state index contributed by atoms with van der Waals surface area (Å²) in [6, 6.07) is 9.29. The van der Waals surface area contributed by atoms with Crippen LogP contribution in [0.3, 0.4) is 0 Å². The number of benzene rings is 1. The fourth-order valence-electron chi connectivity index (χ4n) is 2.83. The Bertz CT molecular complexity index is 482. The maximum Gasteiger partial charge on any atom is 0.239 e. The van der Waals surface area contributed by atoms with Crippen molar-refractivity contribution >= 4 is 11.8 Å². The number of carbonyl (C=O) groups is 2. The number of piperidine rings is 1. The molecule has 2 rings (SSSR count). The van der Waals surface area contributed by atoms with E-state index in [1.165, 1.54) is 0 Å². The zero-order valence-electron chi connectivity index (χ0n) is 12.2. The molecule has 4 N–H and O–H groups in total. The van der Waals surface area contributed by atoms with Crippen molar-refractivity contribution in [3.63, 3.8) is 0 Å². The average Bonchev–Trinajstić information content (AvgIpc) is 2.47. The topological polar surface area (TPSA) is 89.4 Å². The van der Waals surface area contributed by atoms with Crippen molar-refractivity contribution < 1.29 is 9.59 Å². The molecule has 0 saturated carbocycles. The minimum atomic E-state index is -0.500. The molecule has 1 fully saturated rings. The van der Waals surface area contributed by atoms with Crippen LogP contribution in [0.4, 0.5) is 0 Å². The molecule has 1 aromatic carbocycles. The van der Waals surface area contributed by atoms with Gasteiger partial charge in [-0.1, -0.05) is 30.3 Å². The molecule has 5 nitrogen and oxygen atoms in total. The first kappa shape index (κ1) is 15.5. The molecule has 1 aliphatic heterocycles. The number of likely N-dealkylation sites (tertiary alicyclic amines) is 1. The van der Waals surface area contributed by atoms with Crippen LogP contribution in [0.25, 0.3) is 0 Å². The molecule has 1 aromatic rings. The molecule has 1 aliphatic rings. The highest BCUT2D eigenvalue weighted by Crippen LogP contribution is 2.20. The van der Waals surface area contributed by atoms with E-state index < -0.39 is 6.04 Å². The number of carbonyl (C=O) groups excluding carboxylic acids is 2. The molecule has 0 aromatic heterocycles. The molecule has 0 spiro atoms. The smallest absolute Gasteiger partial charge is 0.239 e. The number of nitrogens with zero attached hydrogens (tertiary/aromatic N) is 1. The molecule has 21 heavy (non-hydrogen) atoms. The summed E-state index contributed by atoms with van der Waals surface area (Å²) in [4.78, 5) is 25.1. The van der Waals surface area contributed by atoms with Crippen LogP contribution in [0.15, 0.2) is 30.3 Å². The molecule has 1 saturated heterocycles. The summed E-state index contributed by atoms with van der Waals surface area (Å²) in [6.07, 6.45) is 2.62. The van der Waals surface area contributed by atoms with E-state index in [0.717, 1.165) is 18.4 Å². The van der Waals surface area contributed by atoms with Gasteiger partial charge in [0, 0.05) is 19.5 Å². The number of nitrogens with two attached hydrogens (primary N) is 2. The Balaban J connectivity index is 1.82. The summed E-state index contributed by atoms with van der Waals surface area (Å²) in [6.45, 7) is 1.33.